The summed E-state index contributed by atoms with van der Waals surface area (Å²) in [6.07, 6.45) is -6.48. The number of ether oxygens (including phenoxy) is 4. The molecule has 2 unspecified atom stereocenters. The van der Waals surface area contributed by atoms with Gasteiger partial charge < -0.3 is 29.6 Å². The van der Waals surface area contributed by atoms with Crippen LogP contribution in [-0.2, 0) is 21.3 Å². The molecule has 0 aliphatic carbocycles. The first-order valence-electron chi connectivity index (χ1n) is 20.3. The zero-order valence-electron chi connectivity index (χ0n) is 37.0. The molecule has 13 nitrogen and oxygen atoms in total. The van der Waals surface area contributed by atoms with Crippen LogP contribution in [0.2, 0.25) is 0 Å². The number of anilines is 2. The fourth-order valence-electron chi connectivity index (χ4n) is 6.97. The van der Waals surface area contributed by atoms with Gasteiger partial charge in [0.2, 0.25) is 7.59 Å². The summed E-state index contributed by atoms with van der Waals surface area (Å²) in [4.78, 5) is 42.9. The number of nitrogens with zero attached hydrogens (tertiary/aromatic N) is 4. The Morgan fingerprint density at radius 3 is 1.18 bits per heavy atom. The topological polar surface area (TPSA) is 148 Å². The summed E-state index contributed by atoms with van der Waals surface area (Å²) in [5.41, 5.74) is -3.82. The van der Waals surface area contributed by atoms with E-state index in [1.54, 1.807) is 0 Å². The Hall–Kier alpha value is -5.71. The molecule has 0 radical (unpaired) electrons. The molecule has 2 atom stereocenters. The monoisotopic (exact) mass is 1130 g/mol. The van der Waals surface area contributed by atoms with Crippen molar-refractivity contribution in [2.24, 2.45) is 0 Å². The average Bonchev–Trinajstić information content (AvgIpc) is 3.79. The van der Waals surface area contributed by atoms with Crippen molar-refractivity contribution < 1.29 is 68.5 Å². The van der Waals surface area contributed by atoms with Crippen LogP contribution in [0.4, 0.5) is 51.3 Å². The van der Waals surface area contributed by atoms with E-state index in [9.17, 15) is 49.5 Å². The van der Waals surface area contributed by atoms with E-state index in [0.29, 0.717) is 13.8 Å². The van der Waals surface area contributed by atoms with Gasteiger partial charge in [0.15, 0.2) is 12.2 Å². The standard InChI is InChI=1S/C45H34Cl6F8N6O7/c1-21-31(37(66)60-25-9-5-7-23(19-25)42(3,56)57)33(64(62-21)27-11-15-29(16-12-27)69-39(52)53)35(44(46,47)48)71-41(68)72-36(45(49,50)51)34-32(38(67)61-26-10-6-8-24(20-26)43(4,58)59)22(2)63-65(34)28-13-17-30(18-14-28)70-40(54)55/h5-20,35-36,39-40H,1-4H3,(H,60,66)(H,61,67). The number of nitrogens with one attached hydrogen (secondary N) is 2. The van der Waals surface area contributed by atoms with Gasteiger partial charge in [-0.2, -0.15) is 27.8 Å². The number of aryl methyl sites for hydroxylation is 2. The number of rotatable bonds is 16. The van der Waals surface area contributed by atoms with Crippen LogP contribution in [0.3, 0.4) is 0 Å². The SMILES string of the molecule is Cc1nn(-c2ccc(OC(F)F)cc2)c(C(OC(=O)OC(c2c(C(=O)Nc3cccc(C(C)(F)F)c3)c(C)nn2-c2ccc(OC(F)F)cc2)C(Cl)(Cl)Cl)C(Cl)(Cl)Cl)c1C(=O)Nc1cccc(C(C)(F)F)c1. The van der Waals surface area contributed by atoms with Gasteiger partial charge in [0.25, 0.3) is 23.7 Å². The van der Waals surface area contributed by atoms with Gasteiger partial charge in [-0.05, 0) is 86.6 Å². The molecule has 0 aliphatic heterocycles. The van der Waals surface area contributed by atoms with E-state index in [0.717, 1.165) is 57.9 Å². The number of benzene rings is 4. The Morgan fingerprint density at radius 1 is 0.556 bits per heavy atom. The summed E-state index contributed by atoms with van der Waals surface area (Å²) in [6, 6.07) is 18.2. The van der Waals surface area contributed by atoms with Crippen molar-refractivity contribution in [3.05, 3.63) is 142 Å². The van der Waals surface area contributed by atoms with Crippen molar-refractivity contribution in [3.63, 3.8) is 0 Å². The van der Waals surface area contributed by atoms with Crippen LogP contribution < -0.4 is 20.1 Å². The summed E-state index contributed by atoms with van der Waals surface area (Å²) in [6.45, 7) is -2.61. The third-order valence-electron chi connectivity index (χ3n) is 10.0. The maximum atomic E-state index is 14.3. The lowest BCUT2D eigenvalue weighted by Gasteiger charge is -2.29. The smallest absolute Gasteiger partial charge is 0.435 e. The predicted molar refractivity (Wildman–Crippen MR) is 251 cm³/mol. The molecule has 6 aromatic rings. The van der Waals surface area contributed by atoms with Gasteiger partial charge in [-0.15, -0.1) is 0 Å². The minimum Gasteiger partial charge on any atom is -0.435 e. The minimum absolute atomic E-state index is 0.0510. The van der Waals surface area contributed by atoms with Gasteiger partial charge >= 0.3 is 19.4 Å². The molecule has 0 fully saturated rings. The van der Waals surface area contributed by atoms with E-state index in [4.69, 9.17) is 79.1 Å². The molecule has 0 spiro atoms. The Balaban J connectivity index is 1.48. The zero-order chi connectivity index (χ0) is 53.2. The van der Waals surface area contributed by atoms with Crippen molar-refractivity contribution in [1.82, 2.24) is 19.6 Å². The zero-order valence-corrected chi connectivity index (χ0v) is 41.5. The first-order chi connectivity index (χ1) is 33.4. The van der Waals surface area contributed by atoms with Crippen LogP contribution in [0, 0.1) is 13.8 Å². The van der Waals surface area contributed by atoms with Crippen LogP contribution >= 0.6 is 69.6 Å². The van der Waals surface area contributed by atoms with E-state index in [1.165, 1.54) is 62.4 Å². The molecule has 2 aromatic heterocycles. The molecule has 0 bridgehead atoms. The Labute approximate surface area is 433 Å². The molecular weight excluding hydrogens is 1100 g/mol. The molecule has 27 heteroatoms. The van der Waals surface area contributed by atoms with Gasteiger partial charge in [-0.25, -0.2) is 31.7 Å². The molecule has 384 valence electrons. The summed E-state index contributed by atoms with van der Waals surface area (Å²) in [5.74, 6) is -9.51. The summed E-state index contributed by atoms with van der Waals surface area (Å²) < 4.78 is 126. The molecule has 0 aliphatic rings. The lowest BCUT2D eigenvalue weighted by molar-refractivity contribution is -0.0505. The molecule has 2 N–H and O–H groups in total. The Morgan fingerprint density at radius 2 is 0.889 bits per heavy atom. The molecular formula is C45H34Cl6F8N6O7. The predicted octanol–water partition coefficient (Wildman–Crippen LogP) is 14.3. The van der Waals surface area contributed by atoms with Gasteiger partial charge in [-0.1, -0.05) is 93.9 Å². The number of hydrogen-bond acceptors (Lipinski definition) is 9. The van der Waals surface area contributed by atoms with E-state index in [2.05, 4.69) is 30.3 Å². The second kappa shape index (κ2) is 21.8. The fourth-order valence-corrected chi connectivity index (χ4v) is 7.86. The van der Waals surface area contributed by atoms with Crippen LogP contribution in [-0.4, -0.2) is 58.3 Å². The lowest BCUT2D eigenvalue weighted by atomic mass is 10.1. The molecule has 2 amide bonds. The number of carbonyl (C=O) groups excluding carboxylic acids is 3. The molecule has 0 saturated heterocycles. The highest BCUT2D eigenvalue weighted by molar-refractivity contribution is 6.68. The number of hydrogen-bond donors (Lipinski definition) is 2. The van der Waals surface area contributed by atoms with Crippen molar-refractivity contribution in [1.29, 1.82) is 0 Å². The number of amides is 2. The lowest BCUT2D eigenvalue weighted by Crippen LogP contribution is -2.32. The highest BCUT2D eigenvalue weighted by Gasteiger charge is 2.48. The van der Waals surface area contributed by atoms with Crippen LogP contribution in [0.25, 0.3) is 11.4 Å². The second-order valence-electron chi connectivity index (χ2n) is 15.4. The summed E-state index contributed by atoms with van der Waals surface area (Å²) >= 11 is 39.0. The van der Waals surface area contributed by atoms with Gasteiger partial charge in [0.05, 0.1) is 33.9 Å². The quantitative estimate of drug-likeness (QED) is 0.0549. The van der Waals surface area contributed by atoms with Crippen LogP contribution in [0.5, 0.6) is 11.5 Å². The molecule has 6 rings (SSSR count). The summed E-state index contributed by atoms with van der Waals surface area (Å²) in [5, 5.41) is 13.6. The van der Waals surface area contributed by atoms with Crippen LogP contribution in [0.15, 0.2) is 97.1 Å². The highest BCUT2D eigenvalue weighted by Crippen LogP contribution is 2.48. The largest absolute Gasteiger partial charge is 0.509 e. The Kier molecular flexibility index (Phi) is 16.8. The van der Waals surface area contributed by atoms with Crippen molar-refractivity contribution >= 4 is 99.0 Å². The molecule has 2 heterocycles. The van der Waals surface area contributed by atoms with Crippen molar-refractivity contribution in [2.75, 3.05) is 10.6 Å². The number of carbonyl (C=O) groups is 3. The average molecular weight is 1140 g/mol. The van der Waals surface area contributed by atoms with Gasteiger partial charge in [-0.3, -0.25) is 9.59 Å². The van der Waals surface area contributed by atoms with E-state index < -0.39 is 96.5 Å². The molecule has 72 heavy (non-hydrogen) atoms. The van der Waals surface area contributed by atoms with Gasteiger partial charge in [0.1, 0.15) is 22.9 Å². The van der Waals surface area contributed by atoms with Gasteiger partial charge in [0, 0.05) is 36.3 Å². The third kappa shape index (κ3) is 13.5. The fraction of sp³-hybridized carbons (Fsp3) is 0.267. The number of alkyl halides is 14. The van der Waals surface area contributed by atoms with E-state index >= 15 is 0 Å². The van der Waals surface area contributed by atoms with E-state index in [-0.39, 0.29) is 45.6 Å². The second-order valence-corrected chi connectivity index (χ2v) is 20.2. The minimum atomic E-state index is -3.34. The third-order valence-corrected chi connectivity index (χ3v) is 11.2. The van der Waals surface area contributed by atoms with Crippen molar-refractivity contribution in [2.45, 2.75) is 72.6 Å². The highest BCUT2D eigenvalue weighted by atomic mass is 35.6. The maximum absolute atomic E-state index is 14.3. The van der Waals surface area contributed by atoms with Crippen LogP contribution in [0.1, 0.15) is 80.7 Å². The number of halogens is 14. The maximum Gasteiger partial charge on any atom is 0.509 e. The normalized spacial score (nSPS) is 13.2. The molecule has 0 saturated carbocycles. The van der Waals surface area contributed by atoms with E-state index in [1.807, 2.05) is 0 Å². The summed E-state index contributed by atoms with van der Waals surface area (Å²) in [7, 11) is 0. The first kappa shape index (κ1) is 55.6. The first-order valence-corrected chi connectivity index (χ1v) is 22.6. The van der Waals surface area contributed by atoms with Crippen molar-refractivity contribution in [3.8, 4) is 22.9 Å². The molecule has 4 aromatic carbocycles. The number of aromatic nitrogens is 4. The Bertz CT molecular complexity index is 2750.